The fraction of sp³-hybridized carbons (Fsp3) is 0.600. The first-order valence-corrected chi connectivity index (χ1v) is 9.27. The summed E-state index contributed by atoms with van der Waals surface area (Å²) < 4.78 is 5.23. The Balaban J connectivity index is 1.55. The SMILES string of the molecule is COc1ccc(C2(NC(=O)CCNC(=O)C3CC3C)CCCC2)cc1. The first kappa shape index (κ1) is 17.8. The molecule has 2 aliphatic rings. The molecule has 2 unspecified atom stereocenters. The molecule has 136 valence electrons. The summed E-state index contributed by atoms with van der Waals surface area (Å²) in [6.45, 7) is 2.49. The summed E-state index contributed by atoms with van der Waals surface area (Å²) in [5, 5.41) is 6.12. The van der Waals surface area contributed by atoms with Crippen molar-refractivity contribution < 1.29 is 14.3 Å². The largest absolute Gasteiger partial charge is 0.497 e. The second-order valence-corrected chi connectivity index (χ2v) is 7.43. The van der Waals surface area contributed by atoms with E-state index in [0.29, 0.717) is 18.9 Å². The first-order valence-electron chi connectivity index (χ1n) is 9.27. The van der Waals surface area contributed by atoms with E-state index in [1.165, 1.54) is 0 Å². The molecule has 0 heterocycles. The van der Waals surface area contributed by atoms with E-state index in [0.717, 1.165) is 43.4 Å². The second kappa shape index (κ2) is 7.46. The number of amides is 2. The maximum atomic E-state index is 12.4. The van der Waals surface area contributed by atoms with Gasteiger partial charge in [0.15, 0.2) is 0 Å². The molecular formula is C20H28N2O3. The quantitative estimate of drug-likeness (QED) is 0.799. The molecule has 5 heteroatoms. The van der Waals surface area contributed by atoms with Crippen LogP contribution in [0, 0.1) is 11.8 Å². The van der Waals surface area contributed by atoms with E-state index in [2.05, 4.69) is 17.6 Å². The Kier molecular flexibility index (Phi) is 5.30. The molecule has 2 amide bonds. The van der Waals surface area contributed by atoms with E-state index in [1.54, 1.807) is 7.11 Å². The number of hydrogen-bond donors (Lipinski definition) is 2. The Bertz CT molecular complexity index is 620. The number of carbonyl (C=O) groups is 2. The highest BCUT2D eigenvalue weighted by Crippen LogP contribution is 2.39. The summed E-state index contributed by atoms with van der Waals surface area (Å²) in [5.41, 5.74) is 0.855. The third-order valence-electron chi connectivity index (χ3n) is 5.58. The zero-order valence-corrected chi connectivity index (χ0v) is 15.1. The second-order valence-electron chi connectivity index (χ2n) is 7.43. The number of benzene rings is 1. The molecule has 0 bridgehead atoms. The molecule has 2 saturated carbocycles. The van der Waals surface area contributed by atoms with Crippen LogP contribution in [-0.4, -0.2) is 25.5 Å². The summed E-state index contributed by atoms with van der Waals surface area (Å²) in [6, 6.07) is 7.97. The summed E-state index contributed by atoms with van der Waals surface area (Å²) in [5.74, 6) is 1.56. The van der Waals surface area contributed by atoms with Crippen molar-refractivity contribution in [3.05, 3.63) is 29.8 Å². The Morgan fingerprint density at radius 2 is 1.84 bits per heavy atom. The van der Waals surface area contributed by atoms with Crippen molar-refractivity contribution in [1.29, 1.82) is 0 Å². The lowest BCUT2D eigenvalue weighted by Crippen LogP contribution is -2.44. The van der Waals surface area contributed by atoms with E-state index < -0.39 is 0 Å². The Hall–Kier alpha value is -2.04. The molecule has 2 atom stereocenters. The molecule has 1 aromatic rings. The summed E-state index contributed by atoms with van der Waals surface area (Å²) in [4.78, 5) is 24.3. The lowest BCUT2D eigenvalue weighted by atomic mass is 9.88. The van der Waals surface area contributed by atoms with Gasteiger partial charge in [0.05, 0.1) is 12.6 Å². The molecule has 0 spiro atoms. The lowest BCUT2D eigenvalue weighted by molar-refractivity contribution is -0.124. The summed E-state index contributed by atoms with van der Waals surface area (Å²) >= 11 is 0. The summed E-state index contributed by atoms with van der Waals surface area (Å²) in [6.07, 6.45) is 5.43. The topological polar surface area (TPSA) is 67.4 Å². The van der Waals surface area contributed by atoms with Gasteiger partial charge in [-0.3, -0.25) is 9.59 Å². The molecule has 0 aromatic heterocycles. The molecule has 0 radical (unpaired) electrons. The molecule has 0 saturated heterocycles. The van der Waals surface area contributed by atoms with Crippen molar-refractivity contribution in [1.82, 2.24) is 10.6 Å². The van der Waals surface area contributed by atoms with Gasteiger partial charge in [-0.05, 0) is 42.9 Å². The molecular weight excluding hydrogens is 316 g/mol. The predicted molar refractivity (Wildman–Crippen MR) is 96.2 cm³/mol. The number of ether oxygens (including phenoxy) is 1. The predicted octanol–water partition coefficient (Wildman–Crippen LogP) is 2.74. The minimum absolute atomic E-state index is 0.00173. The van der Waals surface area contributed by atoms with Crippen LogP contribution < -0.4 is 15.4 Å². The molecule has 1 aromatic carbocycles. The van der Waals surface area contributed by atoms with Gasteiger partial charge in [-0.25, -0.2) is 0 Å². The van der Waals surface area contributed by atoms with Crippen LogP contribution in [0.5, 0.6) is 5.75 Å². The van der Waals surface area contributed by atoms with Crippen LogP contribution in [0.3, 0.4) is 0 Å². The molecule has 0 aliphatic heterocycles. The zero-order chi connectivity index (χ0) is 17.9. The number of rotatable bonds is 7. The van der Waals surface area contributed by atoms with Crippen LogP contribution in [0.2, 0.25) is 0 Å². The third-order valence-corrected chi connectivity index (χ3v) is 5.58. The van der Waals surface area contributed by atoms with Gasteiger partial charge in [0.2, 0.25) is 11.8 Å². The van der Waals surface area contributed by atoms with Crippen molar-refractivity contribution in [3.8, 4) is 5.75 Å². The van der Waals surface area contributed by atoms with Gasteiger partial charge < -0.3 is 15.4 Å². The van der Waals surface area contributed by atoms with E-state index in [4.69, 9.17) is 4.74 Å². The minimum Gasteiger partial charge on any atom is -0.497 e. The van der Waals surface area contributed by atoms with Gasteiger partial charge >= 0.3 is 0 Å². The fourth-order valence-corrected chi connectivity index (χ4v) is 3.82. The van der Waals surface area contributed by atoms with Gasteiger partial charge in [0.25, 0.3) is 0 Å². The molecule has 25 heavy (non-hydrogen) atoms. The average molecular weight is 344 g/mol. The number of hydrogen-bond acceptors (Lipinski definition) is 3. The maximum absolute atomic E-state index is 12.4. The smallest absolute Gasteiger partial charge is 0.223 e. The highest BCUT2D eigenvalue weighted by Gasteiger charge is 2.39. The van der Waals surface area contributed by atoms with Gasteiger partial charge in [-0.2, -0.15) is 0 Å². The Morgan fingerprint density at radius 3 is 2.40 bits per heavy atom. The van der Waals surface area contributed by atoms with E-state index in [-0.39, 0.29) is 23.3 Å². The molecule has 3 rings (SSSR count). The molecule has 2 N–H and O–H groups in total. The Labute approximate surface area is 149 Å². The van der Waals surface area contributed by atoms with Crippen LogP contribution in [0.15, 0.2) is 24.3 Å². The van der Waals surface area contributed by atoms with Crippen LogP contribution >= 0.6 is 0 Å². The molecule has 2 fully saturated rings. The fourth-order valence-electron chi connectivity index (χ4n) is 3.82. The number of methoxy groups -OCH3 is 1. The lowest BCUT2D eigenvalue weighted by Gasteiger charge is -2.31. The van der Waals surface area contributed by atoms with Gasteiger partial charge in [0, 0.05) is 18.9 Å². The van der Waals surface area contributed by atoms with E-state index >= 15 is 0 Å². The average Bonchev–Trinajstić information content (AvgIpc) is 3.16. The van der Waals surface area contributed by atoms with Gasteiger partial charge in [-0.1, -0.05) is 31.9 Å². The van der Waals surface area contributed by atoms with Crippen molar-refractivity contribution >= 4 is 11.8 Å². The van der Waals surface area contributed by atoms with Crippen LogP contribution in [0.1, 0.15) is 51.0 Å². The highest BCUT2D eigenvalue weighted by atomic mass is 16.5. The van der Waals surface area contributed by atoms with Gasteiger partial charge in [-0.15, -0.1) is 0 Å². The minimum atomic E-state index is -0.279. The van der Waals surface area contributed by atoms with Gasteiger partial charge in [0.1, 0.15) is 5.75 Å². The van der Waals surface area contributed by atoms with E-state index in [1.807, 2.05) is 24.3 Å². The number of carbonyl (C=O) groups excluding carboxylic acids is 2. The van der Waals surface area contributed by atoms with Crippen molar-refractivity contribution in [2.75, 3.05) is 13.7 Å². The van der Waals surface area contributed by atoms with Crippen molar-refractivity contribution in [3.63, 3.8) is 0 Å². The zero-order valence-electron chi connectivity index (χ0n) is 15.1. The normalized spacial score (nSPS) is 23.8. The summed E-state index contributed by atoms with van der Waals surface area (Å²) in [7, 11) is 1.65. The Morgan fingerprint density at radius 1 is 1.20 bits per heavy atom. The van der Waals surface area contributed by atoms with Crippen molar-refractivity contribution in [2.24, 2.45) is 11.8 Å². The maximum Gasteiger partial charge on any atom is 0.223 e. The monoisotopic (exact) mass is 344 g/mol. The van der Waals surface area contributed by atoms with Crippen LogP contribution in [0.25, 0.3) is 0 Å². The van der Waals surface area contributed by atoms with Crippen LogP contribution in [0.4, 0.5) is 0 Å². The van der Waals surface area contributed by atoms with Crippen LogP contribution in [-0.2, 0) is 15.1 Å². The molecule has 5 nitrogen and oxygen atoms in total. The first-order chi connectivity index (χ1) is 12.0. The standard InChI is InChI=1S/C20H28N2O3/c1-14-13-17(14)19(24)21-12-9-18(23)22-20(10-3-4-11-20)15-5-7-16(25-2)8-6-15/h5-8,14,17H,3-4,9-13H2,1-2H3,(H,21,24)(H,22,23). The molecule has 2 aliphatic carbocycles. The highest BCUT2D eigenvalue weighted by molar-refractivity contribution is 5.82. The third kappa shape index (κ3) is 4.14. The number of nitrogens with one attached hydrogen (secondary N) is 2. The van der Waals surface area contributed by atoms with Crippen molar-refractivity contribution in [2.45, 2.75) is 51.0 Å². The van der Waals surface area contributed by atoms with E-state index in [9.17, 15) is 9.59 Å².